The summed E-state index contributed by atoms with van der Waals surface area (Å²) in [5.74, 6) is 0.604. The number of carbonyl (C=O) groups is 2. The van der Waals surface area contributed by atoms with E-state index in [1.54, 1.807) is 36.3 Å². The molecule has 30 heavy (non-hydrogen) atoms. The fourth-order valence-electron chi connectivity index (χ4n) is 4.05. The predicted octanol–water partition coefficient (Wildman–Crippen LogP) is 5.27. The fraction of sp³-hybridized carbons (Fsp3) is 0.391. The number of β-lactam (4-membered cyclic amide) rings is 1. The SMILES string of the molecule is COc1ccc(C2C(Cl)C(=O)N2c2ccc(NC(=O)OC3CCCCC3)cc2)cc1. The summed E-state index contributed by atoms with van der Waals surface area (Å²) in [6.45, 7) is 0. The van der Waals surface area contributed by atoms with Gasteiger partial charge in [0.25, 0.3) is 0 Å². The van der Waals surface area contributed by atoms with Crippen LogP contribution in [-0.2, 0) is 9.53 Å². The first kappa shape index (κ1) is 20.5. The van der Waals surface area contributed by atoms with Crippen molar-refractivity contribution in [2.45, 2.75) is 49.6 Å². The monoisotopic (exact) mass is 428 g/mol. The van der Waals surface area contributed by atoms with Crippen molar-refractivity contribution >= 4 is 35.0 Å². The van der Waals surface area contributed by atoms with E-state index < -0.39 is 11.5 Å². The molecule has 4 rings (SSSR count). The Bertz CT molecular complexity index is 894. The van der Waals surface area contributed by atoms with Crippen LogP contribution in [0, 0.1) is 0 Å². The minimum atomic E-state index is -0.610. The maximum absolute atomic E-state index is 12.4. The van der Waals surface area contributed by atoms with Gasteiger partial charge in [-0.1, -0.05) is 18.6 Å². The first-order valence-corrected chi connectivity index (χ1v) is 10.7. The number of methoxy groups -OCH3 is 1. The summed E-state index contributed by atoms with van der Waals surface area (Å²) in [5.41, 5.74) is 2.29. The van der Waals surface area contributed by atoms with Crippen LogP contribution in [0.2, 0.25) is 0 Å². The molecule has 1 heterocycles. The van der Waals surface area contributed by atoms with Crippen molar-refractivity contribution in [2.24, 2.45) is 0 Å². The van der Waals surface area contributed by atoms with Crippen LogP contribution in [-0.4, -0.2) is 30.6 Å². The van der Waals surface area contributed by atoms with Gasteiger partial charge < -0.3 is 14.4 Å². The highest BCUT2D eigenvalue weighted by molar-refractivity contribution is 6.37. The van der Waals surface area contributed by atoms with Gasteiger partial charge in [-0.3, -0.25) is 10.1 Å². The van der Waals surface area contributed by atoms with E-state index >= 15 is 0 Å². The molecule has 158 valence electrons. The molecule has 0 spiro atoms. The van der Waals surface area contributed by atoms with Gasteiger partial charge in [-0.05, 0) is 67.6 Å². The molecule has 2 fully saturated rings. The molecule has 2 amide bonds. The lowest BCUT2D eigenvalue weighted by molar-refractivity contribution is -0.123. The number of alkyl halides is 1. The smallest absolute Gasteiger partial charge is 0.411 e. The highest BCUT2D eigenvalue weighted by Crippen LogP contribution is 2.42. The molecule has 6 nitrogen and oxygen atoms in total. The number of anilines is 2. The normalized spacial score (nSPS) is 21.7. The number of nitrogens with zero attached hydrogens (tertiary/aromatic N) is 1. The highest BCUT2D eigenvalue weighted by atomic mass is 35.5. The van der Waals surface area contributed by atoms with Crippen molar-refractivity contribution < 1.29 is 19.1 Å². The summed E-state index contributed by atoms with van der Waals surface area (Å²) in [4.78, 5) is 26.2. The van der Waals surface area contributed by atoms with Gasteiger partial charge in [-0.25, -0.2) is 4.79 Å². The third-order valence-corrected chi connectivity index (χ3v) is 6.13. The van der Waals surface area contributed by atoms with Crippen molar-refractivity contribution in [3.05, 3.63) is 54.1 Å². The first-order chi connectivity index (χ1) is 14.6. The summed E-state index contributed by atoms with van der Waals surface area (Å²) >= 11 is 6.32. The number of amides is 2. The second-order valence-electron chi connectivity index (χ2n) is 7.67. The molecule has 2 aromatic rings. The van der Waals surface area contributed by atoms with Crippen molar-refractivity contribution in [3.8, 4) is 5.75 Å². The lowest BCUT2D eigenvalue weighted by Crippen LogP contribution is -2.56. The maximum atomic E-state index is 12.4. The van der Waals surface area contributed by atoms with Gasteiger partial charge in [0.15, 0.2) is 0 Å². The van der Waals surface area contributed by atoms with Crippen molar-refractivity contribution in [3.63, 3.8) is 0 Å². The molecule has 0 bridgehead atoms. The van der Waals surface area contributed by atoms with Crippen LogP contribution >= 0.6 is 11.6 Å². The Kier molecular flexibility index (Phi) is 6.13. The number of ether oxygens (including phenoxy) is 2. The van der Waals surface area contributed by atoms with E-state index in [1.165, 1.54) is 6.42 Å². The Morgan fingerprint density at radius 1 is 1.03 bits per heavy atom. The lowest BCUT2D eigenvalue weighted by Gasteiger charge is -2.44. The number of nitrogens with one attached hydrogen (secondary N) is 1. The predicted molar refractivity (Wildman–Crippen MR) is 116 cm³/mol. The van der Waals surface area contributed by atoms with Crippen molar-refractivity contribution in [1.82, 2.24) is 0 Å². The molecular formula is C23H25ClN2O4. The van der Waals surface area contributed by atoms with Crippen LogP contribution in [0.15, 0.2) is 48.5 Å². The quantitative estimate of drug-likeness (QED) is 0.520. The van der Waals surface area contributed by atoms with Crippen LogP contribution in [0.4, 0.5) is 16.2 Å². The Morgan fingerprint density at radius 3 is 2.33 bits per heavy atom. The molecule has 2 unspecified atom stereocenters. The molecule has 7 heteroatoms. The molecule has 2 atom stereocenters. The number of carbonyl (C=O) groups excluding carboxylic acids is 2. The first-order valence-electron chi connectivity index (χ1n) is 10.3. The Hall–Kier alpha value is -2.73. The molecule has 1 aliphatic heterocycles. The fourth-order valence-corrected chi connectivity index (χ4v) is 4.41. The molecule has 1 saturated heterocycles. The van der Waals surface area contributed by atoms with Gasteiger partial charge in [0.1, 0.15) is 17.2 Å². The summed E-state index contributed by atoms with van der Waals surface area (Å²) in [5, 5.41) is 2.15. The maximum Gasteiger partial charge on any atom is 0.411 e. The number of benzene rings is 2. The minimum absolute atomic E-state index is 0.00245. The molecule has 0 aromatic heterocycles. The zero-order valence-corrected chi connectivity index (χ0v) is 17.6. The van der Waals surface area contributed by atoms with E-state index in [1.807, 2.05) is 24.3 Å². The average Bonchev–Trinajstić information content (AvgIpc) is 2.78. The lowest BCUT2D eigenvalue weighted by atomic mass is 9.92. The molecule has 1 saturated carbocycles. The van der Waals surface area contributed by atoms with Gasteiger partial charge in [-0.2, -0.15) is 0 Å². The van der Waals surface area contributed by atoms with E-state index in [-0.39, 0.29) is 18.1 Å². The summed E-state index contributed by atoms with van der Waals surface area (Å²) in [7, 11) is 1.61. The van der Waals surface area contributed by atoms with Gasteiger partial charge in [0, 0.05) is 11.4 Å². The van der Waals surface area contributed by atoms with Gasteiger partial charge in [-0.15, -0.1) is 11.6 Å². The molecular weight excluding hydrogens is 404 g/mol. The topological polar surface area (TPSA) is 67.9 Å². The van der Waals surface area contributed by atoms with Gasteiger partial charge in [0.2, 0.25) is 5.91 Å². The van der Waals surface area contributed by atoms with Crippen LogP contribution in [0.25, 0.3) is 0 Å². The third-order valence-electron chi connectivity index (χ3n) is 5.70. The number of halogens is 1. The van der Waals surface area contributed by atoms with Crippen LogP contribution < -0.4 is 15.0 Å². The molecule has 0 radical (unpaired) electrons. The van der Waals surface area contributed by atoms with E-state index in [4.69, 9.17) is 21.1 Å². The van der Waals surface area contributed by atoms with E-state index in [2.05, 4.69) is 5.32 Å². The minimum Gasteiger partial charge on any atom is -0.497 e. The third kappa shape index (κ3) is 4.24. The second kappa shape index (κ2) is 8.96. The van der Waals surface area contributed by atoms with Crippen LogP contribution in [0.1, 0.15) is 43.7 Å². The van der Waals surface area contributed by atoms with E-state index in [0.717, 1.165) is 42.7 Å². The number of hydrogen-bond donors (Lipinski definition) is 1. The van der Waals surface area contributed by atoms with Crippen LogP contribution in [0.5, 0.6) is 5.75 Å². The standard InChI is InChI=1S/C23H25ClN2O4/c1-29-18-13-7-15(8-14-18)21-20(24)22(27)26(21)17-11-9-16(10-12-17)25-23(28)30-19-5-3-2-4-6-19/h7-14,19-21H,2-6H2,1H3,(H,25,28). The Balaban J connectivity index is 1.41. The zero-order valence-electron chi connectivity index (χ0n) is 16.8. The van der Waals surface area contributed by atoms with Crippen LogP contribution in [0.3, 0.4) is 0 Å². The Labute approximate surface area is 181 Å². The van der Waals surface area contributed by atoms with Crippen molar-refractivity contribution in [2.75, 3.05) is 17.3 Å². The van der Waals surface area contributed by atoms with E-state index in [9.17, 15) is 9.59 Å². The van der Waals surface area contributed by atoms with E-state index in [0.29, 0.717) is 5.69 Å². The average molecular weight is 429 g/mol. The summed E-state index contributed by atoms with van der Waals surface area (Å²) < 4.78 is 10.7. The van der Waals surface area contributed by atoms with Crippen molar-refractivity contribution in [1.29, 1.82) is 0 Å². The largest absolute Gasteiger partial charge is 0.497 e. The summed E-state index contributed by atoms with van der Waals surface area (Å²) in [6.07, 6.45) is 4.83. The summed E-state index contributed by atoms with van der Waals surface area (Å²) in [6, 6.07) is 14.4. The number of rotatable bonds is 5. The van der Waals surface area contributed by atoms with Gasteiger partial charge in [0.05, 0.1) is 13.2 Å². The zero-order chi connectivity index (χ0) is 21.1. The number of hydrogen-bond acceptors (Lipinski definition) is 4. The highest BCUT2D eigenvalue weighted by Gasteiger charge is 2.47. The molecule has 2 aromatic carbocycles. The Morgan fingerprint density at radius 2 is 1.70 bits per heavy atom. The molecule has 2 aliphatic rings. The molecule has 1 N–H and O–H groups in total. The second-order valence-corrected chi connectivity index (χ2v) is 8.14. The molecule has 1 aliphatic carbocycles. The van der Waals surface area contributed by atoms with Gasteiger partial charge >= 0.3 is 6.09 Å².